The Hall–Kier alpha value is -1.71. The van der Waals surface area contributed by atoms with Crippen LogP contribution in [0.15, 0.2) is 36.3 Å². The van der Waals surface area contributed by atoms with E-state index in [-0.39, 0.29) is 11.6 Å². The van der Waals surface area contributed by atoms with Crippen LogP contribution in [0.25, 0.3) is 0 Å². The first-order valence-corrected chi connectivity index (χ1v) is 3.91. The summed E-state index contributed by atoms with van der Waals surface area (Å²) >= 11 is 0. The van der Waals surface area contributed by atoms with E-state index in [0.29, 0.717) is 13.1 Å². The van der Waals surface area contributed by atoms with Crippen molar-refractivity contribution in [3.05, 3.63) is 42.0 Å². The molecule has 1 aromatic heterocycles. The second-order valence-electron chi connectivity index (χ2n) is 2.61. The lowest BCUT2D eigenvalue weighted by Crippen LogP contribution is -2.23. The highest BCUT2D eigenvalue weighted by Gasteiger charge is 2.06. The molecule has 4 heteroatoms. The lowest BCUT2D eigenvalue weighted by molar-refractivity contribution is 0.423. The van der Waals surface area contributed by atoms with Crippen molar-refractivity contribution in [2.24, 2.45) is 0 Å². The lowest BCUT2D eigenvalue weighted by atomic mass is 10.6. The molecule has 4 nitrogen and oxygen atoms in total. The van der Waals surface area contributed by atoms with Crippen molar-refractivity contribution >= 4 is 0 Å². The van der Waals surface area contributed by atoms with Crippen molar-refractivity contribution in [2.45, 2.75) is 13.1 Å². The summed E-state index contributed by atoms with van der Waals surface area (Å²) in [4.78, 5) is 11.4. The molecule has 0 radical (unpaired) electrons. The van der Waals surface area contributed by atoms with Crippen LogP contribution in [-0.4, -0.2) is 14.2 Å². The summed E-state index contributed by atoms with van der Waals surface area (Å²) in [5.41, 5.74) is -0.252. The second kappa shape index (κ2) is 3.80. The van der Waals surface area contributed by atoms with Crippen LogP contribution in [0.1, 0.15) is 0 Å². The van der Waals surface area contributed by atoms with E-state index in [4.69, 9.17) is 0 Å². The fourth-order valence-electron chi connectivity index (χ4n) is 1.09. The summed E-state index contributed by atoms with van der Waals surface area (Å²) in [6.07, 6.45) is 4.53. The summed E-state index contributed by atoms with van der Waals surface area (Å²) in [5.74, 6) is -0.0493. The number of aromatic hydroxyl groups is 1. The molecule has 0 saturated carbocycles. The molecule has 0 aliphatic carbocycles. The molecule has 0 saturated heterocycles. The standard InChI is InChI=1S/C9H12N2O2/c1-3-5-10-7-8(12)11(6-4-2)9(10)13/h3-4,7,12H,1-2,5-6H2. The third-order valence-electron chi connectivity index (χ3n) is 1.66. The zero-order valence-electron chi connectivity index (χ0n) is 7.31. The van der Waals surface area contributed by atoms with Crippen LogP contribution in [0.4, 0.5) is 0 Å². The number of nitrogens with zero attached hydrogens (tertiary/aromatic N) is 2. The maximum Gasteiger partial charge on any atom is 0.331 e. The zero-order valence-corrected chi connectivity index (χ0v) is 7.31. The van der Waals surface area contributed by atoms with Gasteiger partial charge in [-0.3, -0.25) is 9.13 Å². The Labute approximate surface area is 76.0 Å². The van der Waals surface area contributed by atoms with E-state index in [9.17, 15) is 9.90 Å². The Morgan fingerprint density at radius 1 is 1.38 bits per heavy atom. The van der Waals surface area contributed by atoms with E-state index in [1.807, 2.05) is 0 Å². The number of hydrogen-bond acceptors (Lipinski definition) is 2. The summed E-state index contributed by atoms with van der Waals surface area (Å²) in [7, 11) is 0. The van der Waals surface area contributed by atoms with Gasteiger partial charge in [-0.2, -0.15) is 0 Å². The van der Waals surface area contributed by atoms with Crippen molar-refractivity contribution in [1.82, 2.24) is 9.13 Å². The largest absolute Gasteiger partial charge is 0.493 e. The predicted octanol–water partition coefficient (Wildman–Crippen LogP) is 0.727. The molecule has 1 aromatic rings. The number of aromatic nitrogens is 2. The van der Waals surface area contributed by atoms with Crippen molar-refractivity contribution < 1.29 is 5.11 Å². The van der Waals surface area contributed by atoms with Gasteiger partial charge in [-0.05, 0) is 0 Å². The summed E-state index contributed by atoms with van der Waals surface area (Å²) in [6.45, 7) is 7.72. The molecule has 0 aliphatic heterocycles. The van der Waals surface area contributed by atoms with E-state index in [1.54, 1.807) is 12.2 Å². The summed E-state index contributed by atoms with van der Waals surface area (Å²) in [5, 5.41) is 9.33. The molecular formula is C9H12N2O2. The van der Waals surface area contributed by atoms with E-state index >= 15 is 0 Å². The SMILES string of the molecule is C=CCn1cc(O)n(CC=C)c1=O. The molecule has 0 spiro atoms. The van der Waals surface area contributed by atoms with E-state index in [1.165, 1.54) is 15.3 Å². The number of rotatable bonds is 4. The molecule has 1 N–H and O–H groups in total. The van der Waals surface area contributed by atoms with E-state index in [0.717, 1.165) is 0 Å². The van der Waals surface area contributed by atoms with Crippen LogP contribution in [0.3, 0.4) is 0 Å². The Bertz CT molecular complexity index is 373. The molecule has 0 aliphatic rings. The average Bonchev–Trinajstić information content (AvgIpc) is 2.34. The molecule has 0 fully saturated rings. The first-order valence-electron chi connectivity index (χ1n) is 3.91. The van der Waals surface area contributed by atoms with Crippen LogP contribution in [0.5, 0.6) is 5.88 Å². The smallest absolute Gasteiger partial charge is 0.331 e. The summed E-state index contributed by atoms with van der Waals surface area (Å²) in [6, 6.07) is 0. The van der Waals surface area contributed by atoms with Crippen molar-refractivity contribution in [1.29, 1.82) is 0 Å². The van der Waals surface area contributed by atoms with Crippen molar-refractivity contribution in [2.75, 3.05) is 0 Å². The van der Waals surface area contributed by atoms with Gasteiger partial charge in [0.15, 0.2) is 0 Å². The maximum absolute atomic E-state index is 11.4. The highest BCUT2D eigenvalue weighted by molar-refractivity contribution is 5.06. The third kappa shape index (κ3) is 1.72. The average molecular weight is 180 g/mol. The molecule has 0 atom stereocenters. The third-order valence-corrected chi connectivity index (χ3v) is 1.66. The molecule has 0 amide bonds. The number of hydrogen-bond donors (Lipinski definition) is 1. The predicted molar refractivity (Wildman–Crippen MR) is 50.8 cm³/mol. The highest BCUT2D eigenvalue weighted by Crippen LogP contribution is 2.05. The van der Waals surface area contributed by atoms with Gasteiger partial charge in [-0.1, -0.05) is 12.2 Å². The fraction of sp³-hybridized carbons (Fsp3) is 0.222. The number of allylic oxidation sites excluding steroid dienone is 2. The minimum atomic E-state index is -0.252. The van der Waals surface area contributed by atoms with Crippen LogP contribution in [0, 0.1) is 0 Å². The Kier molecular flexibility index (Phi) is 2.74. The second-order valence-corrected chi connectivity index (χ2v) is 2.61. The van der Waals surface area contributed by atoms with Gasteiger partial charge < -0.3 is 5.11 Å². The van der Waals surface area contributed by atoms with Gasteiger partial charge in [0.25, 0.3) is 0 Å². The van der Waals surface area contributed by atoms with Gasteiger partial charge in [-0.15, -0.1) is 13.2 Å². The molecule has 0 aromatic carbocycles. The maximum atomic E-state index is 11.4. The Morgan fingerprint density at radius 2 is 2.00 bits per heavy atom. The summed E-state index contributed by atoms with van der Waals surface area (Å²) < 4.78 is 2.61. The first-order chi connectivity index (χ1) is 6.20. The molecule has 13 heavy (non-hydrogen) atoms. The van der Waals surface area contributed by atoms with Gasteiger partial charge >= 0.3 is 5.69 Å². The Balaban J connectivity index is 3.13. The van der Waals surface area contributed by atoms with Crippen LogP contribution < -0.4 is 5.69 Å². The first kappa shape index (κ1) is 9.38. The minimum absolute atomic E-state index is 0.0493. The van der Waals surface area contributed by atoms with Gasteiger partial charge in [0.05, 0.1) is 6.20 Å². The van der Waals surface area contributed by atoms with Crippen LogP contribution >= 0.6 is 0 Å². The fourth-order valence-corrected chi connectivity index (χ4v) is 1.09. The van der Waals surface area contributed by atoms with Crippen LogP contribution in [-0.2, 0) is 13.1 Å². The van der Waals surface area contributed by atoms with Gasteiger partial charge in [-0.25, -0.2) is 4.79 Å². The Morgan fingerprint density at radius 3 is 2.54 bits per heavy atom. The van der Waals surface area contributed by atoms with Crippen molar-refractivity contribution in [3.63, 3.8) is 0 Å². The molecule has 1 rings (SSSR count). The molecular weight excluding hydrogens is 168 g/mol. The lowest BCUT2D eigenvalue weighted by Gasteiger charge is -1.95. The highest BCUT2D eigenvalue weighted by atomic mass is 16.3. The van der Waals surface area contributed by atoms with Gasteiger partial charge in [0.2, 0.25) is 5.88 Å². The van der Waals surface area contributed by atoms with Gasteiger partial charge in [0, 0.05) is 13.1 Å². The van der Waals surface area contributed by atoms with Gasteiger partial charge in [0.1, 0.15) is 0 Å². The molecule has 0 bridgehead atoms. The quantitative estimate of drug-likeness (QED) is 0.694. The zero-order chi connectivity index (χ0) is 9.84. The van der Waals surface area contributed by atoms with E-state index < -0.39 is 0 Å². The molecule has 0 unspecified atom stereocenters. The van der Waals surface area contributed by atoms with E-state index in [2.05, 4.69) is 13.2 Å². The molecule has 70 valence electrons. The van der Waals surface area contributed by atoms with Crippen LogP contribution in [0.2, 0.25) is 0 Å². The monoisotopic (exact) mass is 180 g/mol. The normalized spacial score (nSPS) is 9.85. The minimum Gasteiger partial charge on any atom is -0.493 e. The van der Waals surface area contributed by atoms with Crippen molar-refractivity contribution in [3.8, 4) is 5.88 Å². The number of imidazole rings is 1. The topological polar surface area (TPSA) is 47.2 Å². The molecule has 1 heterocycles.